The molecule has 1 aliphatic rings. The van der Waals surface area contributed by atoms with Gasteiger partial charge in [0.05, 0.1) is 12.3 Å². The van der Waals surface area contributed by atoms with E-state index >= 15 is 0 Å². The van der Waals surface area contributed by atoms with Crippen molar-refractivity contribution in [3.63, 3.8) is 0 Å². The fourth-order valence-electron chi connectivity index (χ4n) is 2.27. The van der Waals surface area contributed by atoms with E-state index in [0.717, 1.165) is 27.8 Å². The van der Waals surface area contributed by atoms with Crippen molar-refractivity contribution in [2.75, 3.05) is 17.2 Å². The van der Waals surface area contributed by atoms with E-state index in [1.54, 1.807) is 0 Å². The first-order valence-corrected chi connectivity index (χ1v) is 8.22. The van der Waals surface area contributed by atoms with Crippen LogP contribution in [-0.4, -0.2) is 27.7 Å². The lowest BCUT2D eigenvalue weighted by molar-refractivity contribution is 0.281. The molecule has 5 nitrogen and oxygen atoms in total. The maximum absolute atomic E-state index is 9.20. The van der Waals surface area contributed by atoms with Crippen LogP contribution in [0.5, 0.6) is 0 Å². The van der Waals surface area contributed by atoms with Gasteiger partial charge in [-0.2, -0.15) is 4.98 Å². The number of aryl methyl sites for hydroxylation is 1. The lowest BCUT2D eigenvalue weighted by Crippen LogP contribution is -2.21. The summed E-state index contributed by atoms with van der Waals surface area (Å²) in [6, 6.07) is 7.73. The van der Waals surface area contributed by atoms with Gasteiger partial charge < -0.3 is 15.7 Å². The minimum Gasteiger partial charge on any atom is -0.394 e. The molecule has 1 atom stereocenters. The van der Waals surface area contributed by atoms with Crippen LogP contribution in [0.1, 0.15) is 36.9 Å². The van der Waals surface area contributed by atoms with Gasteiger partial charge >= 0.3 is 0 Å². The highest BCUT2D eigenvalue weighted by molar-refractivity contribution is 6.31. The Morgan fingerprint density at radius 3 is 2.74 bits per heavy atom. The van der Waals surface area contributed by atoms with Crippen molar-refractivity contribution in [3.8, 4) is 0 Å². The second-order valence-corrected chi connectivity index (χ2v) is 6.50. The van der Waals surface area contributed by atoms with Gasteiger partial charge in [-0.3, -0.25) is 0 Å². The first-order chi connectivity index (χ1) is 11.0. The molecule has 6 heteroatoms. The summed E-state index contributed by atoms with van der Waals surface area (Å²) in [7, 11) is 0. The molecule has 0 aliphatic heterocycles. The van der Waals surface area contributed by atoms with E-state index in [2.05, 4.69) is 20.6 Å². The number of nitrogens with one attached hydrogen (secondary N) is 2. The van der Waals surface area contributed by atoms with Gasteiger partial charge in [-0.25, -0.2) is 4.98 Å². The summed E-state index contributed by atoms with van der Waals surface area (Å²) in [6.07, 6.45) is 2.34. The van der Waals surface area contributed by atoms with Crippen molar-refractivity contribution in [2.45, 2.75) is 38.6 Å². The minimum absolute atomic E-state index is 0.0351. The van der Waals surface area contributed by atoms with Crippen molar-refractivity contribution in [1.29, 1.82) is 0 Å². The van der Waals surface area contributed by atoms with Crippen LogP contribution in [0, 0.1) is 6.92 Å². The number of aliphatic hydroxyl groups is 1. The number of halogens is 1. The molecule has 2 aromatic rings. The van der Waals surface area contributed by atoms with Crippen molar-refractivity contribution in [3.05, 3.63) is 40.5 Å². The molecule has 1 heterocycles. The molecule has 3 rings (SSSR count). The van der Waals surface area contributed by atoms with Gasteiger partial charge in [0, 0.05) is 28.7 Å². The van der Waals surface area contributed by atoms with Crippen LogP contribution in [0.15, 0.2) is 24.3 Å². The molecule has 0 unspecified atom stereocenters. The molecule has 0 saturated heterocycles. The Labute approximate surface area is 141 Å². The Kier molecular flexibility index (Phi) is 4.68. The summed E-state index contributed by atoms with van der Waals surface area (Å²) in [4.78, 5) is 9.05. The quantitative estimate of drug-likeness (QED) is 0.749. The Balaban J connectivity index is 1.86. The van der Waals surface area contributed by atoms with Gasteiger partial charge in [0.25, 0.3) is 0 Å². The van der Waals surface area contributed by atoms with E-state index in [1.165, 1.54) is 12.8 Å². The largest absolute Gasteiger partial charge is 0.394 e. The molecule has 0 amide bonds. The maximum Gasteiger partial charge on any atom is 0.225 e. The number of benzene rings is 1. The number of hydrogen-bond donors (Lipinski definition) is 3. The monoisotopic (exact) mass is 332 g/mol. The molecular formula is C17H21ClN4O. The minimum atomic E-state index is -0.0916. The second-order valence-electron chi connectivity index (χ2n) is 6.09. The number of nitrogens with zero attached hydrogens (tertiary/aromatic N) is 2. The van der Waals surface area contributed by atoms with Gasteiger partial charge in [0.1, 0.15) is 5.82 Å². The number of aliphatic hydroxyl groups excluding tert-OH is 1. The van der Waals surface area contributed by atoms with Gasteiger partial charge in [-0.15, -0.1) is 0 Å². The smallest absolute Gasteiger partial charge is 0.225 e. The van der Waals surface area contributed by atoms with Gasteiger partial charge in [-0.1, -0.05) is 17.7 Å². The average Bonchev–Trinajstić information content (AvgIpc) is 3.35. The van der Waals surface area contributed by atoms with Crippen LogP contribution >= 0.6 is 11.6 Å². The van der Waals surface area contributed by atoms with Gasteiger partial charge in [0.2, 0.25) is 5.95 Å². The molecule has 1 fully saturated rings. The first-order valence-electron chi connectivity index (χ1n) is 7.84. The molecule has 23 heavy (non-hydrogen) atoms. The average molecular weight is 333 g/mol. The lowest BCUT2D eigenvalue weighted by Gasteiger charge is -2.14. The summed E-state index contributed by atoms with van der Waals surface area (Å²) in [5, 5.41) is 16.3. The molecular weight excluding hydrogens is 312 g/mol. The Morgan fingerprint density at radius 1 is 1.30 bits per heavy atom. The Hall–Kier alpha value is -1.85. The Bertz CT molecular complexity index is 703. The highest BCUT2D eigenvalue weighted by atomic mass is 35.5. The van der Waals surface area contributed by atoms with Crippen molar-refractivity contribution < 1.29 is 5.11 Å². The zero-order chi connectivity index (χ0) is 16.4. The van der Waals surface area contributed by atoms with E-state index in [-0.39, 0.29) is 12.6 Å². The lowest BCUT2D eigenvalue weighted by atomic mass is 10.2. The van der Waals surface area contributed by atoms with Crippen molar-refractivity contribution >= 4 is 29.1 Å². The highest BCUT2D eigenvalue weighted by Gasteiger charge is 2.26. The van der Waals surface area contributed by atoms with E-state index in [4.69, 9.17) is 11.6 Å². The molecule has 122 valence electrons. The number of hydrogen-bond acceptors (Lipinski definition) is 5. The third kappa shape index (κ3) is 4.12. The molecule has 1 aromatic carbocycles. The summed E-state index contributed by atoms with van der Waals surface area (Å²) in [5.41, 5.74) is 2.97. The van der Waals surface area contributed by atoms with Crippen LogP contribution in [0.2, 0.25) is 5.02 Å². The third-order valence-corrected chi connectivity index (χ3v) is 4.24. The van der Waals surface area contributed by atoms with E-state index in [0.29, 0.717) is 11.9 Å². The van der Waals surface area contributed by atoms with Crippen LogP contribution < -0.4 is 10.6 Å². The summed E-state index contributed by atoms with van der Waals surface area (Å²) < 4.78 is 0. The van der Waals surface area contributed by atoms with Crippen LogP contribution in [-0.2, 0) is 0 Å². The molecule has 1 aliphatic carbocycles. The predicted molar refractivity (Wildman–Crippen MR) is 93.6 cm³/mol. The maximum atomic E-state index is 9.20. The molecule has 3 N–H and O–H groups in total. The predicted octanol–water partition coefficient (Wildman–Crippen LogP) is 3.85. The number of rotatable bonds is 6. The number of aromatic nitrogens is 2. The highest BCUT2D eigenvalue weighted by Crippen LogP contribution is 2.40. The third-order valence-electron chi connectivity index (χ3n) is 3.84. The van der Waals surface area contributed by atoms with Gasteiger partial charge in [0.15, 0.2) is 0 Å². The topological polar surface area (TPSA) is 70.1 Å². The van der Waals surface area contributed by atoms with Gasteiger partial charge in [-0.05, 0) is 44.4 Å². The van der Waals surface area contributed by atoms with E-state index in [9.17, 15) is 5.11 Å². The second kappa shape index (κ2) is 6.72. The van der Waals surface area contributed by atoms with Crippen molar-refractivity contribution in [1.82, 2.24) is 9.97 Å². The normalized spacial score (nSPS) is 15.3. The standard InChI is InChI=1S/C17H21ClN4O/c1-10-3-6-13(7-14(10)18)20-16-8-15(12-4-5-12)21-17(22-16)19-11(2)9-23/h3,6-8,11-12,23H,4-5,9H2,1-2H3,(H2,19,20,21,22)/t11-/m1/s1. The zero-order valence-corrected chi connectivity index (χ0v) is 14.1. The fourth-order valence-corrected chi connectivity index (χ4v) is 2.45. The zero-order valence-electron chi connectivity index (χ0n) is 13.3. The molecule has 0 radical (unpaired) electrons. The van der Waals surface area contributed by atoms with E-state index in [1.807, 2.05) is 38.1 Å². The number of anilines is 3. The SMILES string of the molecule is Cc1ccc(Nc2cc(C3CC3)nc(N[C@H](C)CO)n2)cc1Cl. The molecule has 0 spiro atoms. The van der Waals surface area contributed by atoms with E-state index < -0.39 is 0 Å². The Morgan fingerprint density at radius 2 is 2.09 bits per heavy atom. The van der Waals surface area contributed by atoms with Crippen LogP contribution in [0.4, 0.5) is 17.5 Å². The van der Waals surface area contributed by atoms with Crippen molar-refractivity contribution in [2.24, 2.45) is 0 Å². The van der Waals surface area contributed by atoms with Crippen LogP contribution in [0.3, 0.4) is 0 Å². The summed E-state index contributed by atoms with van der Waals surface area (Å²) in [6.45, 7) is 3.90. The molecule has 1 saturated carbocycles. The van der Waals surface area contributed by atoms with Crippen LogP contribution in [0.25, 0.3) is 0 Å². The molecule has 0 bridgehead atoms. The summed E-state index contributed by atoms with van der Waals surface area (Å²) >= 11 is 6.18. The molecule has 1 aromatic heterocycles. The first kappa shape index (κ1) is 16.0. The summed E-state index contributed by atoms with van der Waals surface area (Å²) in [5.74, 6) is 1.79. The fraction of sp³-hybridized carbons (Fsp3) is 0.412.